The first kappa shape index (κ1) is 14.7. The van der Waals surface area contributed by atoms with Crippen LogP contribution >= 0.6 is 0 Å². The molecule has 2 unspecified atom stereocenters. The Morgan fingerprint density at radius 2 is 1.79 bits per heavy atom. The summed E-state index contributed by atoms with van der Waals surface area (Å²) in [6, 6.07) is 12.9. The molecule has 6 heteroatoms. The number of carbonyl (C=O) groups excluding carboxylic acids is 1. The number of ether oxygens (including phenoxy) is 4. The Morgan fingerprint density at radius 1 is 1.04 bits per heavy atom. The summed E-state index contributed by atoms with van der Waals surface area (Å²) in [5.41, 5.74) is 0.928. The van der Waals surface area contributed by atoms with E-state index in [1.807, 2.05) is 43.3 Å². The van der Waals surface area contributed by atoms with Gasteiger partial charge in [0, 0.05) is 6.54 Å². The van der Waals surface area contributed by atoms with Crippen LogP contribution in [0.4, 0.5) is 0 Å². The highest BCUT2D eigenvalue weighted by Crippen LogP contribution is 2.34. The van der Waals surface area contributed by atoms with Crippen molar-refractivity contribution in [3.8, 4) is 23.0 Å². The van der Waals surface area contributed by atoms with Crippen LogP contribution in [0.3, 0.4) is 0 Å². The van der Waals surface area contributed by atoms with Gasteiger partial charge in [-0.3, -0.25) is 4.79 Å². The SMILES string of the molecule is CC1Oc2ccccc2OC1C(=O)NCc1ccc2c(c1)OCO2. The van der Waals surface area contributed by atoms with Gasteiger partial charge in [-0.15, -0.1) is 0 Å². The fourth-order valence-electron chi connectivity index (χ4n) is 2.75. The van der Waals surface area contributed by atoms with Crippen LogP contribution in [-0.2, 0) is 11.3 Å². The summed E-state index contributed by atoms with van der Waals surface area (Å²) in [6.45, 7) is 2.43. The molecule has 2 aromatic rings. The van der Waals surface area contributed by atoms with Crippen LogP contribution in [0.25, 0.3) is 0 Å². The summed E-state index contributed by atoms with van der Waals surface area (Å²) < 4.78 is 22.2. The molecule has 1 N–H and O–H groups in total. The fourth-order valence-corrected chi connectivity index (χ4v) is 2.75. The maximum atomic E-state index is 12.5. The highest BCUT2D eigenvalue weighted by molar-refractivity contribution is 5.82. The van der Waals surface area contributed by atoms with E-state index in [1.54, 1.807) is 6.07 Å². The molecule has 0 spiro atoms. The molecule has 0 bridgehead atoms. The van der Waals surface area contributed by atoms with Gasteiger partial charge in [-0.1, -0.05) is 18.2 Å². The molecular formula is C18H17NO5. The van der Waals surface area contributed by atoms with Gasteiger partial charge in [-0.05, 0) is 36.8 Å². The van der Waals surface area contributed by atoms with E-state index in [2.05, 4.69) is 5.32 Å². The van der Waals surface area contributed by atoms with Gasteiger partial charge in [0.15, 0.2) is 23.0 Å². The van der Waals surface area contributed by atoms with Crippen molar-refractivity contribution >= 4 is 5.91 Å². The molecule has 124 valence electrons. The molecular weight excluding hydrogens is 310 g/mol. The van der Waals surface area contributed by atoms with Crippen molar-refractivity contribution in [1.29, 1.82) is 0 Å². The Kier molecular flexibility index (Phi) is 3.65. The lowest BCUT2D eigenvalue weighted by atomic mass is 10.1. The lowest BCUT2D eigenvalue weighted by Crippen LogP contribution is -2.48. The van der Waals surface area contributed by atoms with Gasteiger partial charge < -0.3 is 24.3 Å². The second-order valence-corrected chi connectivity index (χ2v) is 5.71. The van der Waals surface area contributed by atoms with Gasteiger partial charge >= 0.3 is 0 Å². The number of benzene rings is 2. The summed E-state index contributed by atoms with van der Waals surface area (Å²) in [4.78, 5) is 12.5. The van der Waals surface area contributed by atoms with Crippen molar-refractivity contribution in [2.75, 3.05) is 6.79 Å². The normalized spacial score (nSPS) is 20.5. The molecule has 0 aliphatic carbocycles. The monoisotopic (exact) mass is 327 g/mol. The fraction of sp³-hybridized carbons (Fsp3) is 0.278. The van der Waals surface area contributed by atoms with Crippen LogP contribution in [-0.4, -0.2) is 24.9 Å². The molecule has 0 aromatic heterocycles. The van der Waals surface area contributed by atoms with Crippen LogP contribution in [0.15, 0.2) is 42.5 Å². The van der Waals surface area contributed by atoms with Gasteiger partial charge in [0.2, 0.25) is 12.9 Å². The first-order valence-corrected chi connectivity index (χ1v) is 7.79. The van der Waals surface area contributed by atoms with Crippen molar-refractivity contribution in [1.82, 2.24) is 5.32 Å². The van der Waals surface area contributed by atoms with Crippen LogP contribution in [0.1, 0.15) is 12.5 Å². The van der Waals surface area contributed by atoms with Crippen molar-refractivity contribution in [2.45, 2.75) is 25.7 Å². The van der Waals surface area contributed by atoms with Crippen LogP contribution in [0.2, 0.25) is 0 Å². The Hall–Kier alpha value is -2.89. The Labute approximate surface area is 139 Å². The van der Waals surface area contributed by atoms with Gasteiger partial charge in [0.1, 0.15) is 6.10 Å². The number of amides is 1. The summed E-state index contributed by atoms with van der Waals surface area (Å²) >= 11 is 0. The maximum Gasteiger partial charge on any atom is 0.265 e. The van der Waals surface area contributed by atoms with Crippen LogP contribution in [0.5, 0.6) is 23.0 Å². The summed E-state index contributed by atoms with van der Waals surface area (Å²) in [6.07, 6.45) is -1.05. The second-order valence-electron chi connectivity index (χ2n) is 5.71. The molecule has 24 heavy (non-hydrogen) atoms. The third-order valence-electron chi connectivity index (χ3n) is 4.00. The number of rotatable bonds is 3. The van der Waals surface area contributed by atoms with E-state index in [0.29, 0.717) is 23.8 Å². The standard InChI is InChI=1S/C18H17NO5/c1-11-17(24-15-5-3-2-4-14(15)23-11)18(20)19-9-12-6-7-13-16(8-12)22-10-21-13/h2-8,11,17H,9-10H2,1H3,(H,19,20). The maximum absolute atomic E-state index is 12.5. The van der Waals surface area contributed by atoms with E-state index in [9.17, 15) is 4.79 Å². The zero-order valence-electron chi connectivity index (χ0n) is 13.2. The van der Waals surface area contributed by atoms with Crippen molar-refractivity contribution in [3.05, 3.63) is 48.0 Å². The quantitative estimate of drug-likeness (QED) is 0.937. The van der Waals surface area contributed by atoms with Crippen molar-refractivity contribution in [2.24, 2.45) is 0 Å². The zero-order chi connectivity index (χ0) is 16.5. The molecule has 2 aliphatic heterocycles. The molecule has 0 fully saturated rings. The Morgan fingerprint density at radius 3 is 2.62 bits per heavy atom. The number of nitrogens with one attached hydrogen (secondary N) is 1. The van der Waals surface area contributed by atoms with E-state index < -0.39 is 6.10 Å². The molecule has 0 saturated carbocycles. The largest absolute Gasteiger partial charge is 0.482 e. The zero-order valence-corrected chi connectivity index (χ0v) is 13.2. The lowest BCUT2D eigenvalue weighted by Gasteiger charge is -2.31. The molecule has 2 heterocycles. The van der Waals surface area contributed by atoms with E-state index in [1.165, 1.54) is 0 Å². The Bertz CT molecular complexity index is 776. The molecule has 0 radical (unpaired) electrons. The van der Waals surface area contributed by atoms with Gasteiger partial charge in [0.25, 0.3) is 5.91 Å². The lowest BCUT2D eigenvalue weighted by molar-refractivity contribution is -0.133. The highest BCUT2D eigenvalue weighted by atomic mass is 16.7. The third-order valence-corrected chi connectivity index (χ3v) is 4.00. The number of hydrogen-bond donors (Lipinski definition) is 1. The molecule has 0 saturated heterocycles. The third kappa shape index (κ3) is 2.71. The number of para-hydroxylation sites is 2. The van der Waals surface area contributed by atoms with Gasteiger partial charge in [-0.25, -0.2) is 0 Å². The number of hydrogen-bond acceptors (Lipinski definition) is 5. The van der Waals surface area contributed by atoms with Crippen molar-refractivity contribution in [3.63, 3.8) is 0 Å². The second kappa shape index (κ2) is 5.96. The van der Waals surface area contributed by atoms with Crippen LogP contribution in [0, 0.1) is 0 Å². The average molecular weight is 327 g/mol. The molecule has 1 amide bonds. The summed E-state index contributed by atoms with van der Waals surface area (Å²) in [5.74, 6) is 2.44. The number of carbonyl (C=O) groups is 1. The van der Waals surface area contributed by atoms with Gasteiger partial charge in [0.05, 0.1) is 0 Å². The minimum atomic E-state index is -0.686. The first-order valence-electron chi connectivity index (χ1n) is 7.79. The van der Waals surface area contributed by atoms with Crippen molar-refractivity contribution < 1.29 is 23.7 Å². The smallest absolute Gasteiger partial charge is 0.265 e. The van der Waals surface area contributed by atoms with E-state index in [0.717, 1.165) is 11.3 Å². The molecule has 2 aromatic carbocycles. The summed E-state index contributed by atoms with van der Waals surface area (Å²) in [5, 5.41) is 2.88. The average Bonchev–Trinajstić information content (AvgIpc) is 3.06. The predicted octanol–water partition coefficient (Wildman–Crippen LogP) is 2.26. The predicted molar refractivity (Wildman–Crippen MR) is 85.4 cm³/mol. The molecule has 2 aliphatic rings. The Balaban J connectivity index is 1.41. The summed E-state index contributed by atoms with van der Waals surface area (Å²) in [7, 11) is 0. The molecule has 4 rings (SSSR count). The van der Waals surface area contributed by atoms with Gasteiger partial charge in [-0.2, -0.15) is 0 Å². The molecule has 2 atom stereocenters. The van der Waals surface area contributed by atoms with E-state index >= 15 is 0 Å². The van der Waals surface area contributed by atoms with E-state index in [-0.39, 0.29) is 18.8 Å². The minimum absolute atomic E-state index is 0.213. The number of fused-ring (bicyclic) bond motifs is 2. The first-order chi connectivity index (χ1) is 11.7. The minimum Gasteiger partial charge on any atom is -0.482 e. The molecule has 6 nitrogen and oxygen atoms in total. The highest BCUT2D eigenvalue weighted by Gasteiger charge is 2.33. The topological polar surface area (TPSA) is 66.0 Å². The van der Waals surface area contributed by atoms with E-state index in [4.69, 9.17) is 18.9 Å². The van der Waals surface area contributed by atoms with Crippen LogP contribution < -0.4 is 24.3 Å².